The summed E-state index contributed by atoms with van der Waals surface area (Å²) in [6, 6.07) is 0. The molecule has 0 amide bonds. The van der Waals surface area contributed by atoms with Crippen molar-refractivity contribution in [2.45, 2.75) is 51.3 Å². The van der Waals surface area contributed by atoms with E-state index in [1.807, 2.05) is 0 Å². The van der Waals surface area contributed by atoms with E-state index in [4.69, 9.17) is 11.6 Å². The van der Waals surface area contributed by atoms with Crippen molar-refractivity contribution < 1.29 is 0 Å². The lowest BCUT2D eigenvalue weighted by atomic mass is 9.86. The molecule has 11 heavy (non-hydrogen) atoms. The van der Waals surface area contributed by atoms with Gasteiger partial charge in [0.25, 0.3) is 0 Å². The average molecular weight is 175 g/mol. The molecule has 0 N–H and O–H groups in total. The first-order valence-electron chi connectivity index (χ1n) is 4.93. The standard InChI is InChI=1S/C10H19Cl/c1-3-8(4-2)9-6-5-7-10(9)11/h8-10H,3-7H2,1-2H3. The van der Waals surface area contributed by atoms with Crippen LogP contribution in [0.4, 0.5) is 0 Å². The fourth-order valence-electron chi connectivity index (χ4n) is 2.37. The van der Waals surface area contributed by atoms with Crippen molar-refractivity contribution in [3.05, 3.63) is 0 Å². The zero-order chi connectivity index (χ0) is 8.27. The fourth-order valence-corrected chi connectivity index (χ4v) is 2.85. The minimum absolute atomic E-state index is 0.486. The van der Waals surface area contributed by atoms with Gasteiger partial charge >= 0.3 is 0 Å². The second-order valence-corrected chi connectivity index (χ2v) is 4.25. The Kier molecular flexibility index (Phi) is 3.71. The lowest BCUT2D eigenvalue weighted by molar-refractivity contribution is 0.323. The molecular weight excluding hydrogens is 156 g/mol. The lowest BCUT2D eigenvalue weighted by Crippen LogP contribution is -2.17. The maximum Gasteiger partial charge on any atom is 0.0366 e. The SMILES string of the molecule is CCC(CC)C1CCCC1Cl. The Morgan fingerprint density at radius 1 is 1.27 bits per heavy atom. The molecule has 0 aromatic heterocycles. The van der Waals surface area contributed by atoms with Crippen LogP contribution in [0.15, 0.2) is 0 Å². The smallest absolute Gasteiger partial charge is 0.0366 e. The highest BCUT2D eigenvalue weighted by Gasteiger charge is 2.30. The van der Waals surface area contributed by atoms with Gasteiger partial charge in [0, 0.05) is 5.38 Å². The molecule has 1 aliphatic rings. The summed E-state index contributed by atoms with van der Waals surface area (Å²) < 4.78 is 0. The molecule has 0 nitrogen and oxygen atoms in total. The van der Waals surface area contributed by atoms with E-state index in [1.165, 1.54) is 32.1 Å². The highest BCUT2D eigenvalue weighted by molar-refractivity contribution is 6.20. The van der Waals surface area contributed by atoms with Gasteiger partial charge in [-0.15, -0.1) is 11.6 Å². The molecule has 0 spiro atoms. The van der Waals surface area contributed by atoms with E-state index >= 15 is 0 Å². The van der Waals surface area contributed by atoms with Crippen LogP contribution < -0.4 is 0 Å². The van der Waals surface area contributed by atoms with Crippen LogP contribution in [-0.2, 0) is 0 Å². The minimum atomic E-state index is 0.486. The molecule has 1 heteroatoms. The molecule has 66 valence electrons. The summed E-state index contributed by atoms with van der Waals surface area (Å²) in [4.78, 5) is 0. The fraction of sp³-hybridized carbons (Fsp3) is 1.00. The molecule has 2 unspecified atom stereocenters. The van der Waals surface area contributed by atoms with Crippen molar-refractivity contribution in [2.24, 2.45) is 11.8 Å². The summed E-state index contributed by atoms with van der Waals surface area (Å²) in [6.45, 7) is 4.58. The number of hydrogen-bond acceptors (Lipinski definition) is 0. The average Bonchev–Trinajstić information content (AvgIpc) is 2.40. The molecule has 0 aliphatic heterocycles. The summed E-state index contributed by atoms with van der Waals surface area (Å²) in [6.07, 6.45) is 6.60. The van der Waals surface area contributed by atoms with Crippen LogP contribution in [0.5, 0.6) is 0 Å². The molecule has 0 bridgehead atoms. The summed E-state index contributed by atoms with van der Waals surface area (Å²) >= 11 is 6.23. The van der Waals surface area contributed by atoms with Crippen LogP contribution in [-0.4, -0.2) is 5.38 Å². The quantitative estimate of drug-likeness (QED) is 0.571. The zero-order valence-corrected chi connectivity index (χ0v) is 8.40. The Bertz CT molecular complexity index is 107. The zero-order valence-electron chi connectivity index (χ0n) is 7.65. The van der Waals surface area contributed by atoms with Crippen molar-refractivity contribution >= 4 is 11.6 Å². The Balaban J connectivity index is 2.43. The van der Waals surface area contributed by atoms with Crippen molar-refractivity contribution in [1.29, 1.82) is 0 Å². The molecule has 1 rings (SSSR count). The van der Waals surface area contributed by atoms with Crippen LogP contribution in [0.3, 0.4) is 0 Å². The normalized spacial score (nSPS) is 31.6. The predicted octanol–water partition coefficient (Wildman–Crippen LogP) is 3.83. The summed E-state index contributed by atoms with van der Waals surface area (Å²) in [7, 11) is 0. The Morgan fingerprint density at radius 2 is 1.91 bits per heavy atom. The number of halogens is 1. The van der Waals surface area contributed by atoms with E-state index in [1.54, 1.807) is 0 Å². The first-order chi connectivity index (χ1) is 5.29. The van der Waals surface area contributed by atoms with E-state index < -0.39 is 0 Å². The molecule has 0 aromatic carbocycles. The van der Waals surface area contributed by atoms with Crippen LogP contribution >= 0.6 is 11.6 Å². The van der Waals surface area contributed by atoms with Gasteiger partial charge in [0.1, 0.15) is 0 Å². The maximum absolute atomic E-state index is 6.23. The molecule has 1 saturated carbocycles. The first-order valence-corrected chi connectivity index (χ1v) is 5.37. The highest BCUT2D eigenvalue weighted by atomic mass is 35.5. The largest absolute Gasteiger partial charge is 0.123 e. The minimum Gasteiger partial charge on any atom is -0.123 e. The topological polar surface area (TPSA) is 0 Å². The Morgan fingerprint density at radius 3 is 2.27 bits per heavy atom. The van der Waals surface area contributed by atoms with Gasteiger partial charge in [-0.3, -0.25) is 0 Å². The molecule has 0 saturated heterocycles. The summed E-state index contributed by atoms with van der Waals surface area (Å²) in [5.41, 5.74) is 0. The number of alkyl halides is 1. The lowest BCUT2D eigenvalue weighted by Gasteiger charge is -2.22. The van der Waals surface area contributed by atoms with Gasteiger partial charge in [-0.25, -0.2) is 0 Å². The van der Waals surface area contributed by atoms with E-state index in [2.05, 4.69) is 13.8 Å². The van der Waals surface area contributed by atoms with Crippen molar-refractivity contribution in [2.75, 3.05) is 0 Å². The van der Waals surface area contributed by atoms with E-state index in [0.29, 0.717) is 5.38 Å². The van der Waals surface area contributed by atoms with Crippen LogP contribution in [0.2, 0.25) is 0 Å². The Labute approximate surface area is 75.3 Å². The van der Waals surface area contributed by atoms with Crippen LogP contribution in [0.25, 0.3) is 0 Å². The molecule has 2 atom stereocenters. The molecule has 0 radical (unpaired) electrons. The number of rotatable bonds is 3. The second-order valence-electron chi connectivity index (χ2n) is 3.69. The Hall–Kier alpha value is 0.290. The van der Waals surface area contributed by atoms with Crippen LogP contribution in [0, 0.1) is 11.8 Å². The van der Waals surface area contributed by atoms with Gasteiger partial charge in [0.2, 0.25) is 0 Å². The van der Waals surface area contributed by atoms with Gasteiger partial charge in [-0.05, 0) is 24.7 Å². The first kappa shape index (κ1) is 9.38. The van der Waals surface area contributed by atoms with Gasteiger partial charge in [-0.2, -0.15) is 0 Å². The molecule has 0 heterocycles. The third-order valence-electron chi connectivity index (χ3n) is 3.14. The van der Waals surface area contributed by atoms with E-state index in [0.717, 1.165) is 11.8 Å². The van der Waals surface area contributed by atoms with Gasteiger partial charge in [-0.1, -0.05) is 33.1 Å². The molecule has 1 aliphatic carbocycles. The second kappa shape index (κ2) is 4.35. The summed E-state index contributed by atoms with van der Waals surface area (Å²) in [5, 5.41) is 0.486. The van der Waals surface area contributed by atoms with E-state index in [9.17, 15) is 0 Å². The number of hydrogen-bond donors (Lipinski definition) is 0. The van der Waals surface area contributed by atoms with Gasteiger partial charge < -0.3 is 0 Å². The third-order valence-corrected chi connectivity index (χ3v) is 3.68. The van der Waals surface area contributed by atoms with Crippen molar-refractivity contribution in [3.63, 3.8) is 0 Å². The summed E-state index contributed by atoms with van der Waals surface area (Å²) in [5.74, 6) is 1.71. The monoisotopic (exact) mass is 174 g/mol. The maximum atomic E-state index is 6.23. The molecule has 1 fully saturated rings. The van der Waals surface area contributed by atoms with Gasteiger partial charge in [0.15, 0.2) is 0 Å². The van der Waals surface area contributed by atoms with Crippen molar-refractivity contribution in [1.82, 2.24) is 0 Å². The molecule has 0 aromatic rings. The van der Waals surface area contributed by atoms with Crippen molar-refractivity contribution in [3.8, 4) is 0 Å². The highest BCUT2D eigenvalue weighted by Crippen LogP contribution is 2.38. The third kappa shape index (κ3) is 2.11. The van der Waals surface area contributed by atoms with Gasteiger partial charge in [0.05, 0.1) is 0 Å². The van der Waals surface area contributed by atoms with Crippen LogP contribution in [0.1, 0.15) is 46.0 Å². The van der Waals surface area contributed by atoms with E-state index in [-0.39, 0.29) is 0 Å². The predicted molar refractivity (Wildman–Crippen MR) is 51.1 cm³/mol. The molecular formula is C10H19Cl.